The molecule has 0 amide bonds. The highest BCUT2D eigenvalue weighted by atomic mass is 16.5. The molecule has 0 radical (unpaired) electrons. The maximum atomic E-state index is 11.4. The van der Waals surface area contributed by atoms with Gasteiger partial charge in [0.2, 0.25) is 5.88 Å². The molecule has 0 fully saturated rings. The summed E-state index contributed by atoms with van der Waals surface area (Å²) in [6, 6.07) is 0. The minimum atomic E-state index is -0.576. The largest absolute Gasteiger partial charge is 0.474 e. The molecule has 1 aliphatic rings. The van der Waals surface area contributed by atoms with E-state index in [0.717, 1.165) is 0 Å². The van der Waals surface area contributed by atoms with Gasteiger partial charge in [-0.15, -0.1) is 0 Å². The van der Waals surface area contributed by atoms with Crippen molar-refractivity contribution in [2.75, 3.05) is 13.2 Å². The van der Waals surface area contributed by atoms with Crippen LogP contribution in [0.4, 0.5) is 0 Å². The Kier molecular flexibility index (Phi) is 2.59. The number of hydrogen-bond donors (Lipinski definition) is 1. The number of aliphatic hydroxyl groups excluding tert-OH is 1. The predicted octanol–water partition coefficient (Wildman–Crippen LogP) is -0.187. The molecule has 1 atom stereocenters. The Balaban J connectivity index is 2.24. The first-order valence-corrected chi connectivity index (χ1v) is 4.76. The zero-order valence-electron chi connectivity index (χ0n) is 8.34. The first-order valence-electron chi connectivity index (χ1n) is 4.76. The number of hydrogen-bond acceptors (Lipinski definition) is 5. The Morgan fingerprint density at radius 1 is 1.87 bits per heavy atom. The van der Waals surface area contributed by atoms with Crippen LogP contribution < -0.4 is 4.74 Å². The molecule has 0 saturated carbocycles. The number of esters is 1. The number of rotatable bonds is 2. The Labute approximate surface area is 86.4 Å². The van der Waals surface area contributed by atoms with Crippen LogP contribution in [-0.4, -0.2) is 40.2 Å². The SMILES string of the molecule is CCOC(=O)c1cnn2c1OCC(O)C2. The maximum Gasteiger partial charge on any atom is 0.345 e. The molecule has 1 N–H and O–H groups in total. The zero-order valence-corrected chi connectivity index (χ0v) is 8.34. The molecule has 82 valence electrons. The average molecular weight is 212 g/mol. The highest BCUT2D eigenvalue weighted by Gasteiger charge is 2.25. The summed E-state index contributed by atoms with van der Waals surface area (Å²) in [5.74, 6) is -0.0751. The Morgan fingerprint density at radius 3 is 3.40 bits per heavy atom. The molecule has 1 aromatic heterocycles. The molecule has 6 heteroatoms. The quantitative estimate of drug-likeness (QED) is 0.688. The third kappa shape index (κ3) is 1.80. The fourth-order valence-corrected chi connectivity index (χ4v) is 1.43. The Bertz CT molecular complexity index is 374. The van der Waals surface area contributed by atoms with Crippen LogP contribution in [0.5, 0.6) is 5.88 Å². The molecule has 6 nitrogen and oxygen atoms in total. The third-order valence-corrected chi connectivity index (χ3v) is 2.08. The van der Waals surface area contributed by atoms with E-state index >= 15 is 0 Å². The lowest BCUT2D eigenvalue weighted by molar-refractivity contribution is 0.0456. The third-order valence-electron chi connectivity index (χ3n) is 2.08. The molecule has 0 bridgehead atoms. The number of nitrogens with zero attached hydrogens (tertiary/aromatic N) is 2. The van der Waals surface area contributed by atoms with E-state index in [1.165, 1.54) is 10.9 Å². The van der Waals surface area contributed by atoms with Crippen molar-refractivity contribution in [2.45, 2.75) is 19.6 Å². The second-order valence-corrected chi connectivity index (χ2v) is 3.23. The molecule has 2 rings (SSSR count). The number of fused-ring (bicyclic) bond motifs is 1. The zero-order chi connectivity index (χ0) is 10.8. The van der Waals surface area contributed by atoms with Crippen molar-refractivity contribution < 1.29 is 19.4 Å². The molecule has 1 aliphatic heterocycles. The Hall–Kier alpha value is -1.56. The molecule has 15 heavy (non-hydrogen) atoms. The molecule has 1 aromatic rings. The molecule has 0 saturated heterocycles. The van der Waals surface area contributed by atoms with E-state index in [4.69, 9.17) is 9.47 Å². The molecular weight excluding hydrogens is 200 g/mol. The van der Waals surface area contributed by atoms with Gasteiger partial charge in [-0.25, -0.2) is 9.48 Å². The van der Waals surface area contributed by atoms with Gasteiger partial charge in [-0.05, 0) is 6.92 Å². The van der Waals surface area contributed by atoms with Gasteiger partial charge in [-0.3, -0.25) is 0 Å². The van der Waals surface area contributed by atoms with Gasteiger partial charge in [0.05, 0.1) is 19.3 Å². The predicted molar refractivity (Wildman–Crippen MR) is 49.7 cm³/mol. The molecular formula is C9H12N2O4. The lowest BCUT2D eigenvalue weighted by Gasteiger charge is -2.20. The van der Waals surface area contributed by atoms with Gasteiger partial charge >= 0.3 is 5.97 Å². The van der Waals surface area contributed by atoms with Crippen molar-refractivity contribution in [2.24, 2.45) is 0 Å². The topological polar surface area (TPSA) is 73.6 Å². The second kappa shape index (κ2) is 3.90. The fourth-order valence-electron chi connectivity index (χ4n) is 1.43. The van der Waals surface area contributed by atoms with E-state index in [0.29, 0.717) is 24.6 Å². The summed E-state index contributed by atoms with van der Waals surface area (Å²) in [7, 11) is 0. The van der Waals surface area contributed by atoms with Crippen LogP contribution in [-0.2, 0) is 11.3 Å². The molecule has 0 aliphatic carbocycles. The first-order chi connectivity index (χ1) is 7.22. The van der Waals surface area contributed by atoms with Gasteiger partial charge in [0.15, 0.2) is 0 Å². The number of aliphatic hydroxyl groups is 1. The minimum Gasteiger partial charge on any atom is -0.474 e. The highest BCUT2D eigenvalue weighted by molar-refractivity contribution is 5.91. The van der Waals surface area contributed by atoms with Gasteiger partial charge < -0.3 is 14.6 Å². The smallest absolute Gasteiger partial charge is 0.345 e. The number of carbonyl (C=O) groups is 1. The van der Waals surface area contributed by atoms with Crippen molar-refractivity contribution in [1.29, 1.82) is 0 Å². The second-order valence-electron chi connectivity index (χ2n) is 3.23. The maximum absolute atomic E-state index is 11.4. The summed E-state index contributed by atoms with van der Waals surface area (Å²) in [5, 5.41) is 13.2. The van der Waals surface area contributed by atoms with Crippen LogP contribution in [0.3, 0.4) is 0 Å². The summed E-state index contributed by atoms with van der Waals surface area (Å²) >= 11 is 0. The van der Waals surface area contributed by atoms with Gasteiger partial charge in [-0.1, -0.05) is 0 Å². The highest BCUT2D eigenvalue weighted by Crippen LogP contribution is 2.22. The van der Waals surface area contributed by atoms with Gasteiger partial charge in [-0.2, -0.15) is 5.10 Å². The fraction of sp³-hybridized carbons (Fsp3) is 0.556. The first kappa shape index (κ1) is 9.97. The Morgan fingerprint density at radius 2 is 2.67 bits per heavy atom. The van der Waals surface area contributed by atoms with Crippen molar-refractivity contribution in [1.82, 2.24) is 9.78 Å². The molecule has 0 aromatic carbocycles. The van der Waals surface area contributed by atoms with Gasteiger partial charge in [0, 0.05) is 0 Å². The van der Waals surface area contributed by atoms with Crippen molar-refractivity contribution in [3.8, 4) is 5.88 Å². The van der Waals surface area contributed by atoms with Crippen molar-refractivity contribution in [3.63, 3.8) is 0 Å². The van der Waals surface area contributed by atoms with Gasteiger partial charge in [0.1, 0.15) is 18.3 Å². The molecule has 2 heterocycles. The lowest BCUT2D eigenvalue weighted by atomic mass is 10.3. The molecule has 0 spiro atoms. The number of aromatic nitrogens is 2. The summed E-state index contributed by atoms with van der Waals surface area (Å²) in [5.41, 5.74) is 0.309. The standard InChI is InChI=1S/C9H12N2O4/c1-2-14-9(13)7-3-10-11-4-6(12)5-15-8(7)11/h3,6,12H,2,4-5H2,1H3. The van der Waals surface area contributed by atoms with Crippen LogP contribution >= 0.6 is 0 Å². The van der Waals surface area contributed by atoms with Crippen LogP contribution in [0.2, 0.25) is 0 Å². The molecule has 1 unspecified atom stereocenters. The minimum absolute atomic E-state index is 0.179. The van der Waals surface area contributed by atoms with E-state index in [9.17, 15) is 9.90 Å². The van der Waals surface area contributed by atoms with E-state index < -0.39 is 12.1 Å². The van der Waals surface area contributed by atoms with Gasteiger partial charge in [0.25, 0.3) is 0 Å². The summed E-state index contributed by atoms with van der Waals surface area (Å²) in [4.78, 5) is 11.4. The van der Waals surface area contributed by atoms with E-state index in [-0.39, 0.29) is 6.61 Å². The van der Waals surface area contributed by atoms with Crippen LogP contribution in [0.25, 0.3) is 0 Å². The monoisotopic (exact) mass is 212 g/mol. The summed E-state index contributed by atoms with van der Waals surface area (Å²) in [6.07, 6.45) is 0.818. The number of ether oxygens (including phenoxy) is 2. The van der Waals surface area contributed by atoms with Crippen molar-refractivity contribution in [3.05, 3.63) is 11.8 Å². The van der Waals surface area contributed by atoms with Crippen molar-refractivity contribution >= 4 is 5.97 Å². The summed E-state index contributed by atoms with van der Waals surface area (Å²) < 4.78 is 11.5. The summed E-state index contributed by atoms with van der Waals surface area (Å²) in [6.45, 7) is 2.57. The van der Waals surface area contributed by atoms with E-state index in [1.54, 1.807) is 6.92 Å². The van der Waals surface area contributed by atoms with Crippen LogP contribution in [0.1, 0.15) is 17.3 Å². The lowest BCUT2D eigenvalue weighted by Crippen LogP contribution is -2.30. The van der Waals surface area contributed by atoms with E-state index in [2.05, 4.69) is 5.10 Å². The normalized spacial score (nSPS) is 19.2. The van der Waals surface area contributed by atoms with Crippen LogP contribution in [0, 0.1) is 0 Å². The number of carbonyl (C=O) groups excluding carboxylic acids is 1. The van der Waals surface area contributed by atoms with E-state index in [1.807, 2.05) is 0 Å². The van der Waals surface area contributed by atoms with Crippen LogP contribution in [0.15, 0.2) is 6.20 Å². The average Bonchev–Trinajstić information content (AvgIpc) is 2.60.